The van der Waals surface area contributed by atoms with Crippen LogP contribution in [0.15, 0.2) is 77.6 Å². The van der Waals surface area contributed by atoms with E-state index >= 15 is 0 Å². The van der Waals surface area contributed by atoms with Crippen LogP contribution in [0.25, 0.3) is 16.6 Å². The quantitative estimate of drug-likeness (QED) is 0.281. The van der Waals surface area contributed by atoms with Gasteiger partial charge in [-0.05, 0) is 69.4 Å². The second-order valence-electron chi connectivity index (χ2n) is 9.86. The van der Waals surface area contributed by atoms with Crippen molar-refractivity contribution in [2.24, 2.45) is 0 Å². The number of para-hydroxylation sites is 2. The fourth-order valence-corrected chi connectivity index (χ4v) is 4.67. The first-order valence-corrected chi connectivity index (χ1v) is 13.0. The molecule has 0 aliphatic heterocycles. The third kappa shape index (κ3) is 6.17. The van der Waals surface area contributed by atoms with Crippen molar-refractivity contribution in [1.82, 2.24) is 19.4 Å². The second-order valence-corrected chi connectivity index (χ2v) is 9.86. The number of amides is 2. The van der Waals surface area contributed by atoms with E-state index in [1.165, 1.54) is 27.7 Å². The lowest BCUT2D eigenvalue weighted by Gasteiger charge is -2.33. The molecular weight excluding hydrogens is 519 g/mol. The van der Waals surface area contributed by atoms with E-state index in [1.54, 1.807) is 30.3 Å². The molecule has 4 rings (SSSR count). The predicted molar refractivity (Wildman–Crippen MR) is 151 cm³/mol. The van der Waals surface area contributed by atoms with E-state index in [9.17, 15) is 22.8 Å². The Balaban J connectivity index is 1.88. The highest BCUT2D eigenvalue weighted by Gasteiger charge is 2.35. The fraction of sp³-hybridized carbons (Fsp3) is 0.300. The summed E-state index contributed by atoms with van der Waals surface area (Å²) in [5.74, 6) is 0.329. The number of hydrogen-bond donors (Lipinski definition) is 1. The van der Waals surface area contributed by atoms with Crippen molar-refractivity contribution >= 4 is 22.6 Å². The van der Waals surface area contributed by atoms with E-state index in [1.807, 2.05) is 51.0 Å². The van der Waals surface area contributed by atoms with Crippen molar-refractivity contribution in [3.63, 3.8) is 0 Å². The van der Waals surface area contributed by atoms with Gasteiger partial charge in [-0.2, -0.15) is 13.2 Å². The average Bonchev–Trinajstić information content (AvgIpc) is 2.90. The molecule has 4 aromatic rings. The lowest BCUT2D eigenvalue weighted by Crippen LogP contribution is -2.44. The summed E-state index contributed by atoms with van der Waals surface area (Å²) in [5, 5.41) is 2.90. The number of alkyl halides is 3. The summed E-state index contributed by atoms with van der Waals surface area (Å²) in [5.41, 5.74) is 0.423. The number of carbonyl (C=O) groups excluding carboxylic acids is 1. The Kier molecular flexibility index (Phi) is 8.58. The van der Waals surface area contributed by atoms with E-state index in [0.29, 0.717) is 35.4 Å². The molecule has 0 radical (unpaired) electrons. The summed E-state index contributed by atoms with van der Waals surface area (Å²) in [4.78, 5) is 35.8. The van der Waals surface area contributed by atoms with Crippen molar-refractivity contribution in [3.8, 4) is 5.69 Å². The molecule has 2 amide bonds. The first kappa shape index (κ1) is 28.8. The average molecular weight is 552 g/mol. The number of likely N-dealkylation sites (N-methyl/N-ethyl adjacent to an activating group) is 1. The zero-order chi connectivity index (χ0) is 29.0. The van der Waals surface area contributed by atoms with Crippen LogP contribution in [0, 0.1) is 6.92 Å². The highest BCUT2D eigenvalue weighted by Crippen LogP contribution is 2.35. The van der Waals surface area contributed by atoms with Gasteiger partial charge in [-0.3, -0.25) is 9.36 Å². The maximum absolute atomic E-state index is 13.9. The fourth-order valence-electron chi connectivity index (χ4n) is 4.67. The van der Waals surface area contributed by atoms with Crippen LogP contribution in [0.2, 0.25) is 0 Å². The molecule has 0 aliphatic carbocycles. The van der Waals surface area contributed by atoms with Gasteiger partial charge in [0.1, 0.15) is 5.82 Å². The number of benzene rings is 3. The van der Waals surface area contributed by atoms with Crippen LogP contribution in [0.5, 0.6) is 0 Å². The number of nitrogens with zero attached hydrogens (tertiary/aromatic N) is 4. The minimum Gasteiger partial charge on any atom is -0.313 e. The van der Waals surface area contributed by atoms with Crippen molar-refractivity contribution in [3.05, 3.63) is 100 Å². The molecule has 1 N–H and O–H groups in total. The maximum Gasteiger partial charge on any atom is 0.418 e. The highest BCUT2D eigenvalue weighted by molar-refractivity contribution is 5.90. The molecule has 0 spiro atoms. The van der Waals surface area contributed by atoms with Gasteiger partial charge in [-0.15, -0.1) is 0 Å². The summed E-state index contributed by atoms with van der Waals surface area (Å²) >= 11 is 0. The van der Waals surface area contributed by atoms with E-state index in [2.05, 4.69) is 5.32 Å². The van der Waals surface area contributed by atoms with Gasteiger partial charge in [0.05, 0.1) is 33.9 Å². The van der Waals surface area contributed by atoms with Crippen molar-refractivity contribution in [1.29, 1.82) is 0 Å². The second kappa shape index (κ2) is 11.9. The van der Waals surface area contributed by atoms with Crippen LogP contribution < -0.4 is 10.9 Å². The van der Waals surface area contributed by atoms with Crippen LogP contribution >= 0.6 is 0 Å². The van der Waals surface area contributed by atoms with Gasteiger partial charge in [0.15, 0.2) is 0 Å². The first-order chi connectivity index (χ1) is 19.0. The summed E-state index contributed by atoms with van der Waals surface area (Å²) < 4.78 is 42.6. The lowest BCUT2D eigenvalue weighted by atomic mass is 10.1. The number of nitrogens with one attached hydrogen (secondary N) is 1. The molecule has 0 saturated heterocycles. The van der Waals surface area contributed by atoms with E-state index in [-0.39, 0.29) is 17.8 Å². The minimum atomic E-state index is -4.64. The molecule has 1 heterocycles. The first-order valence-electron chi connectivity index (χ1n) is 13.0. The number of urea groups is 1. The van der Waals surface area contributed by atoms with Crippen LogP contribution in [0.3, 0.4) is 0 Å². The number of carbonyl (C=O) groups is 1. The van der Waals surface area contributed by atoms with Gasteiger partial charge < -0.3 is 15.1 Å². The normalized spacial score (nSPS) is 12.5. The van der Waals surface area contributed by atoms with E-state index in [4.69, 9.17) is 4.98 Å². The lowest BCUT2D eigenvalue weighted by molar-refractivity contribution is -0.136. The molecule has 1 unspecified atom stereocenters. The summed E-state index contributed by atoms with van der Waals surface area (Å²) in [6.45, 7) is 4.39. The van der Waals surface area contributed by atoms with Gasteiger partial charge >= 0.3 is 12.2 Å². The topological polar surface area (TPSA) is 70.5 Å². The van der Waals surface area contributed by atoms with Gasteiger partial charge in [-0.25, -0.2) is 9.78 Å². The summed E-state index contributed by atoms with van der Waals surface area (Å²) in [6.07, 6.45) is -4.29. The molecule has 0 bridgehead atoms. The van der Waals surface area contributed by atoms with Crippen LogP contribution in [-0.2, 0) is 6.18 Å². The smallest absolute Gasteiger partial charge is 0.313 e. The Morgan fingerprint density at radius 3 is 2.38 bits per heavy atom. The number of aryl methyl sites for hydroxylation is 1. The molecule has 1 aromatic heterocycles. The molecule has 10 heteroatoms. The van der Waals surface area contributed by atoms with E-state index in [0.717, 1.165) is 11.6 Å². The molecule has 40 heavy (non-hydrogen) atoms. The van der Waals surface area contributed by atoms with E-state index < -0.39 is 23.8 Å². The molecule has 1 atom stereocenters. The Bertz CT molecular complexity index is 1570. The number of fused-ring (bicyclic) bond motifs is 1. The SMILES string of the molecule is CCC(c1nc2ccccc2c(=O)n1-c1cccc(C)c1)N(CCN(C)C)C(=O)Nc1ccccc1C(F)(F)F. The number of rotatable bonds is 8. The Morgan fingerprint density at radius 2 is 1.70 bits per heavy atom. The van der Waals surface area contributed by atoms with Crippen LogP contribution in [0.4, 0.5) is 23.7 Å². The molecule has 0 aliphatic rings. The number of anilines is 1. The third-order valence-corrected chi connectivity index (χ3v) is 6.65. The Labute approximate surface area is 230 Å². The standard InChI is InChI=1S/C30H32F3N5O2/c1-5-26(37(18-17-36(3)4)29(40)35-25-16-9-7-14-23(25)30(31,32)33)27-34-24-15-8-6-13-22(24)28(39)38(27)21-12-10-11-20(2)19-21/h6-16,19,26H,5,17-18H2,1-4H3,(H,35,40). The number of aromatic nitrogens is 2. The summed E-state index contributed by atoms with van der Waals surface area (Å²) in [6, 6.07) is 17.8. The molecule has 3 aromatic carbocycles. The molecule has 210 valence electrons. The van der Waals surface area contributed by atoms with Gasteiger partial charge in [-0.1, -0.05) is 43.3 Å². The zero-order valence-corrected chi connectivity index (χ0v) is 22.9. The van der Waals surface area contributed by atoms with Gasteiger partial charge in [0.25, 0.3) is 5.56 Å². The Morgan fingerprint density at radius 1 is 1.00 bits per heavy atom. The molecule has 0 fully saturated rings. The monoisotopic (exact) mass is 551 g/mol. The molecule has 7 nitrogen and oxygen atoms in total. The van der Waals surface area contributed by atoms with Crippen molar-refractivity contribution in [2.75, 3.05) is 32.5 Å². The molecular formula is C30H32F3N5O2. The summed E-state index contributed by atoms with van der Waals surface area (Å²) in [7, 11) is 3.68. The molecule has 0 saturated carbocycles. The van der Waals surface area contributed by atoms with Crippen molar-refractivity contribution in [2.45, 2.75) is 32.5 Å². The zero-order valence-electron chi connectivity index (χ0n) is 22.9. The predicted octanol–water partition coefficient (Wildman–Crippen LogP) is 6.26. The van der Waals surface area contributed by atoms with Crippen LogP contribution in [0.1, 0.15) is 36.3 Å². The highest BCUT2D eigenvalue weighted by atomic mass is 19.4. The van der Waals surface area contributed by atoms with Gasteiger partial charge in [0.2, 0.25) is 0 Å². The third-order valence-electron chi connectivity index (χ3n) is 6.65. The largest absolute Gasteiger partial charge is 0.418 e. The van der Waals surface area contributed by atoms with Crippen LogP contribution in [-0.4, -0.2) is 52.6 Å². The number of halogens is 3. The van der Waals surface area contributed by atoms with Crippen molar-refractivity contribution < 1.29 is 18.0 Å². The maximum atomic E-state index is 13.9. The van der Waals surface area contributed by atoms with Gasteiger partial charge in [0, 0.05) is 13.1 Å². The Hall–Kier alpha value is -4.18. The minimum absolute atomic E-state index is 0.183. The number of hydrogen-bond acceptors (Lipinski definition) is 4.